The highest BCUT2D eigenvalue weighted by Gasteiger charge is 2.45. The molecule has 2 bridgehead atoms. The molecule has 2 aliphatic carbocycles. The highest BCUT2D eigenvalue weighted by molar-refractivity contribution is 8.16. The predicted molar refractivity (Wildman–Crippen MR) is 97.2 cm³/mol. The Morgan fingerprint density at radius 1 is 1.32 bits per heavy atom. The first-order chi connectivity index (χ1) is 11.8. The van der Waals surface area contributed by atoms with Gasteiger partial charge in [0, 0.05) is 13.0 Å². The van der Waals surface area contributed by atoms with E-state index >= 15 is 0 Å². The van der Waals surface area contributed by atoms with Crippen LogP contribution in [0.3, 0.4) is 0 Å². The molecule has 0 radical (unpaired) electrons. The fraction of sp³-hybridized carbons (Fsp3) is 0.895. The highest BCUT2D eigenvalue weighted by atomic mass is 32.2. The minimum Gasteiger partial charge on any atom is -0.297 e. The number of hydrogen-bond acceptors (Lipinski definition) is 3. The number of carbonyl (C=O) groups excluding carboxylic acids is 1. The number of rotatable bonds is 5. The monoisotopic (exact) mass is 370 g/mol. The van der Waals surface area contributed by atoms with E-state index in [1.807, 2.05) is 11.8 Å². The first-order valence-corrected chi connectivity index (χ1v) is 10.6. The number of hydrogen-bond donors (Lipinski definition) is 0. The second-order valence-corrected chi connectivity index (χ2v) is 10.3. The van der Waals surface area contributed by atoms with E-state index in [4.69, 9.17) is 0 Å². The van der Waals surface area contributed by atoms with Gasteiger partial charge in [-0.2, -0.15) is 0 Å². The summed E-state index contributed by atoms with van der Waals surface area (Å²) in [7, 11) is 0. The number of likely N-dealkylation sites (tertiary alicyclic amines) is 1. The van der Waals surface area contributed by atoms with Gasteiger partial charge in [-0.25, -0.2) is 13.8 Å². The molecule has 4 rings (SSSR count). The third kappa shape index (κ3) is 3.80. The van der Waals surface area contributed by atoms with Gasteiger partial charge in [0.15, 0.2) is 0 Å². The van der Waals surface area contributed by atoms with Gasteiger partial charge >= 0.3 is 0 Å². The van der Waals surface area contributed by atoms with Gasteiger partial charge in [0.25, 0.3) is 11.8 Å². The number of nitrogens with zero attached hydrogens (tertiary/aromatic N) is 2. The summed E-state index contributed by atoms with van der Waals surface area (Å²) >= 11 is 1.61. The van der Waals surface area contributed by atoms with Gasteiger partial charge in [-0.3, -0.25) is 9.69 Å². The molecule has 3 fully saturated rings. The standard InChI is InChI=1S/C19H28F2N2OS/c1-18(6-8-23-7-2-5-19(20,21)12-23)17(24)22-16(25-18)11-15-10-13-3-4-14(15)9-13/h13-15H,2-12H2,1H3. The molecule has 4 unspecified atom stereocenters. The Bertz CT molecular complexity index is 582. The molecular formula is C19H28F2N2OS. The second kappa shape index (κ2) is 6.59. The molecule has 2 aliphatic heterocycles. The average Bonchev–Trinajstić information content (AvgIpc) is 3.21. The van der Waals surface area contributed by atoms with Gasteiger partial charge in [-0.1, -0.05) is 18.2 Å². The van der Waals surface area contributed by atoms with E-state index in [1.54, 1.807) is 11.8 Å². The number of carbonyl (C=O) groups is 1. The van der Waals surface area contributed by atoms with Gasteiger partial charge in [-0.15, -0.1) is 0 Å². The zero-order chi connectivity index (χ0) is 17.7. The van der Waals surface area contributed by atoms with E-state index in [2.05, 4.69) is 4.99 Å². The van der Waals surface area contributed by atoms with Gasteiger partial charge in [0.05, 0.1) is 11.6 Å². The van der Waals surface area contributed by atoms with E-state index < -0.39 is 10.7 Å². The zero-order valence-corrected chi connectivity index (χ0v) is 15.8. The quantitative estimate of drug-likeness (QED) is 0.721. The Kier molecular flexibility index (Phi) is 4.72. The van der Waals surface area contributed by atoms with E-state index in [-0.39, 0.29) is 18.9 Å². The van der Waals surface area contributed by atoms with Crippen LogP contribution in [0.4, 0.5) is 8.78 Å². The third-order valence-electron chi connectivity index (χ3n) is 6.72. The minimum absolute atomic E-state index is 0.00867. The van der Waals surface area contributed by atoms with Crippen molar-refractivity contribution in [3.05, 3.63) is 0 Å². The first-order valence-electron chi connectivity index (χ1n) is 9.74. The van der Waals surface area contributed by atoms with Crippen molar-refractivity contribution in [2.75, 3.05) is 19.6 Å². The molecule has 140 valence electrons. The lowest BCUT2D eigenvalue weighted by atomic mass is 9.87. The third-order valence-corrected chi connectivity index (χ3v) is 8.04. The molecule has 0 N–H and O–H groups in total. The van der Waals surface area contributed by atoms with Crippen LogP contribution in [0.1, 0.15) is 58.3 Å². The van der Waals surface area contributed by atoms with Crippen LogP contribution in [0.25, 0.3) is 0 Å². The number of fused-ring (bicyclic) bond motifs is 2. The summed E-state index contributed by atoms with van der Waals surface area (Å²) in [5, 5.41) is 0.994. The number of amides is 1. The molecular weight excluding hydrogens is 342 g/mol. The maximum absolute atomic E-state index is 13.6. The topological polar surface area (TPSA) is 32.7 Å². The first kappa shape index (κ1) is 17.9. The fourth-order valence-electron chi connectivity index (χ4n) is 5.26. The van der Waals surface area contributed by atoms with Crippen LogP contribution < -0.4 is 0 Å². The summed E-state index contributed by atoms with van der Waals surface area (Å²) < 4.78 is 26.6. The summed E-state index contributed by atoms with van der Waals surface area (Å²) in [5.74, 6) is -0.175. The van der Waals surface area contributed by atoms with Crippen molar-refractivity contribution in [2.45, 2.75) is 69.0 Å². The van der Waals surface area contributed by atoms with Crippen molar-refractivity contribution in [1.29, 1.82) is 0 Å². The van der Waals surface area contributed by atoms with E-state index in [9.17, 15) is 13.6 Å². The highest BCUT2D eigenvalue weighted by Crippen LogP contribution is 2.51. The molecule has 1 amide bonds. The number of piperidine rings is 1. The lowest BCUT2D eigenvalue weighted by Crippen LogP contribution is -2.44. The van der Waals surface area contributed by atoms with E-state index in [1.165, 1.54) is 25.7 Å². The van der Waals surface area contributed by atoms with Crippen molar-refractivity contribution < 1.29 is 13.6 Å². The molecule has 0 aromatic heterocycles. The summed E-state index contributed by atoms with van der Waals surface area (Å²) in [4.78, 5) is 18.6. The Morgan fingerprint density at radius 2 is 2.16 bits per heavy atom. The molecule has 3 nitrogen and oxygen atoms in total. The van der Waals surface area contributed by atoms with Crippen LogP contribution in [-0.4, -0.2) is 46.2 Å². The van der Waals surface area contributed by atoms with Gasteiger partial charge in [-0.05, 0) is 69.7 Å². The molecule has 4 aliphatic rings. The number of thioether (sulfide) groups is 1. The van der Waals surface area contributed by atoms with E-state index in [0.717, 1.165) is 23.3 Å². The molecule has 2 heterocycles. The SMILES string of the molecule is CC1(CCN2CCCC(F)(F)C2)SC(CC2CC3CCC2C3)=NC1=O. The largest absolute Gasteiger partial charge is 0.297 e. The second-order valence-electron chi connectivity index (χ2n) is 8.77. The normalized spacial score (nSPS) is 40.7. The summed E-state index contributed by atoms with van der Waals surface area (Å²) in [5.41, 5.74) is 0. The van der Waals surface area contributed by atoms with E-state index in [0.29, 0.717) is 31.8 Å². The van der Waals surface area contributed by atoms with Crippen LogP contribution in [0.15, 0.2) is 4.99 Å². The Morgan fingerprint density at radius 3 is 2.84 bits per heavy atom. The zero-order valence-electron chi connectivity index (χ0n) is 15.0. The number of halogens is 2. The molecule has 25 heavy (non-hydrogen) atoms. The van der Waals surface area contributed by atoms with Crippen LogP contribution in [-0.2, 0) is 4.79 Å². The lowest BCUT2D eigenvalue weighted by Gasteiger charge is -2.34. The molecule has 0 spiro atoms. The molecule has 1 saturated heterocycles. The lowest BCUT2D eigenvalue weighted by molar-refractivity contribution is -0.119. The molecule has 2 saturated carbocycles. The summed E-state index contributed by atoms with van der Waals surface area (Å²) in [6, 6.07) is 0. The molecule has 0 aromatic carbocycles. The average molecular weight is 371 g/mol. The minimum atomic E-state index is -2.57. The maximum atomic E-state index is 13.6. The number of aliphatic imine (C=N–C) groups is 1. The van der Waals surface area contributed by atoms with Gasteiger partial charge in [0.2, 0.25) is 0 Å². The van der Waals surface area contributed by atoms with Crippen molar-refractivity contribution >= 4 is 22.7 Å². The Hall–Kier alpha value is -0.490. The Balaban J connectivity index is 1.30. The fourth-order valence-corrected chi connectivity index (χ4v) is 6.54. The van der Waals surface area contributed by atoms with Gasteiger partial charge in [0.1, 0.15) is 4.75 Å². The van der Waals surface area contributed by atoms with Crippen LogP contribution in [0.2, 0.25) is 0 Å². The van der Waals surface area contributed by atoms with Crippen molar-refractivity contribution in [2.24, 2.45) is 22.7 Å². The molecule has 6 heteroatoms. The number of alkyl halides is 2. The van der Waals surface area contributed by atoms with Crippen molar-refractivity contribution in [3.63, 3.8) is 0 Å². The van der Waals surface area contributed by atoms with Crippen molar-refractivity contribution in [3.8, 4) is 0 Å². The summed E-state index contributed by atoms with van der Waals surface area (Å²) in [6.07, 6.45) is 7.50. The van der Waals surface area contributed by atoms with Crippen LogP contribution >= 0.6 is 11.8 Å². The molecule has 4 atom stereocenters. The predicted octanol–water partition coefficient (Wildman–Crippen LogP) is 4.36. The molecule has 0 aromatic rings. The van der Waals surface area contributed by atoms with Crippen LogP contribution in [0, 0.1) is 17.8 Å². The van der Waals surface area contributed by atoms with Gasteiger partial charge < -0.3 is 0 Å². The van der Waals surface area contributed by atoms with Crippen molar-refractivity contribution in [1.82, 2.24) is 4.90 Å². The Labute approximate surface area is 153 Å². The maximum Gasteiger partial charge on any atom is 0.262 e. The summed E-state index contributed by atoms with van der Waals surface area (Å²) in [6.45, 7) is 3.05. The smallest absolute Gasteiger partial charge is 0.262 e. The van der Waals surface area contributed by atoms with Crippen LogP contribution in [0.5, 0.6) is 0 Å².